The highest BCUT2D eigenvalue weighted by Gasteiger charge is 2.26. The van der Waals surface area contributed by atoms with E-state index >= 15 is 0 Å². The van der Waals surface area contributed by atoms with Crippen LogP contribution < -0.4 is 0 Å². The van der Waals surface area contributed by atoms with Crippen molar-refractivity contribution in [1.82, 2.24) is 4.90 Å². The van der Waals surface area contributed by atoms with Crippen molar-refractivity contribution in [3.8, 4) is 0 Å². The minimum absolute atomic E-state index is 0.161. The van der Waals surface area contributed by atoms with Crippen LogP contribution in [0.15, 0.2) is 53.7 Å². The van der Waals surface area contributed by atoms with Crippen LogP contribution in [-0.4, -0.2) is 54.2 Å². The second-order valence-corrected chi connectivity index (χ2v) is 8.75. The number of nitrogens with zero attached hydrogens (tertiary/aromatic N) is 2. The molecule has 31 heavy (non-hydrogen) atoms. The molecule has 0 bridgehead atoms. The van der Waals surface area contributed by atoms with Gasteiger partial charge < -0.3 is 14.7 Å². The zero-order chi connectivity index (χ0) is 22.2. The quantitative estimate of drug-likeness (QED) is 0.549. The van der Waals surface area contributed by atoms with Crippen LogP contribution in [0.1, 0.15) is 31.4 Å². The molecule has 7 heteroatoms. The van der Waals surface area contributed by atoms with Gasteiger partial charge in [-0.25, -0.2) is 4.39 Å². The third-order valence-corrected chi connectivity index (χ3v) is 5.32. The molecule has 5 nitrogen and oxygen atoms in total. The van der Waals surface area contributed by atoms with E-state index < -0.39 is 6.10 Å². The van der Waals surface area contributed by atoms with E-state index in [2.05, 4.69) is 23.9 Å². The van der Waals surface area contributed by atoms with Crippen molar-refractivity contribution in [1.29, 1.82) is 0 Å². The Balaban J connectivity index is 1.61. The molecule has 0 spiro atoms. The summed E-state index contributed by atoms with van der Waals surface area (Å²) >= 11 is 6.36. The van der Waals surface area contributed by atoms with Crippen LogP contribution in [0, 0.1) is 11.7 Å². The normalized spacial score (nSPS) is 17.1. The lowest BCUT2D eigenvalue weighted by molar-refractivity contribution is -0.00734. The largest absolute Gasteiger partial charge is 0.390 e. The smallest absolute Gasteiger partial charge is 0.145 e. The first kappa shape index (κ1) is 23.7. The van der Waals surface area contributed by atoms with E-state index in [1.807, 2.05) is 24.3 Å². The molecule has 1 aliphatic heterocycles. The van der Waals surface area contributed by atoms with Gasteiger partial charge in [0.15, 0.2) is 0 Å². The van der Waals surface area contributed by atoms with Gasteiger partial charge in [-0.15, -0.1) is 0 Å². The fourth-order valence-electron chi connectivity index (χ4n) is 3.49. The van der Waals surface area contributed by atoms with Gasteiger partial charge in [-0.05, 0) is 35.2 Å². The number of aliphatic hydroxyl groups is 1. The molecule has 1 N–H and O–H groups in total. The summed E-state index contributed by atoms with van der Waals surface area (Å²) in [7, 11) is 0. The molecule has 0 amide bonds. The van der Waals surface area contributed by atoms with E-state index in [1.54, 1.807) is 12.1 Å². The molecule has 1 heterocycles. The maximum absolute atomic E-state index is 13.2. The van der Waals surface area contributed by atoms with Gasteiger partial charge >= 0.3 is 0 Å². The summed E-state index contributed by atoms with van der Waals surface area (Å²) < 4.78 is 18.8. The molecule has 2 aromatic carbocycles. The van der Waals surface area contributed by atoms with Gasteiger partial charge in [0.1, 0.15) is 11.9 Å². The molecule has 0 saturated carbocycles. The number of oxime groups is 1. The van der Waals surface area contributed by atoms with E-state index in [9.17, 15) is 9.50 Å². The second kappa shape index (κ2) is 11.6. The molecule has 0 radical (unpaired) electrons. The van der Waals surface area contributed by atoms with E-state index in [-0.39, 0.29) is 18.5 Å². The molecule has 0 aliphatic carbocycles. The summed E-state index contributed by atoms with van der Waals surface area (Å²) in [6.45, 7) is 6.61. The van der Waals surface area contributed by atoms with Gasteiger partial charge in [0.05, 0.1) is 18.4 Å². The summed E-state index contributed by atoms with van der Waals surface area (Å²) in [5, 5.41) is 15.4. The zero-order valence-electron chi connectivity index (χ0n) is 18.0. The molecule has 168 valence electrons. The fourth-order valence-corrected chi connectivity index (χ4v) is 3.68. The van der Waals surface area contributed by atoms with Crippen LogP contribution in [0.25, 0.3) is 0 Å². The minimum atomic E-state index is -0.625. The van der Waals surface area contributed by atoms with Crippen molar-refractivity contribution in [2.24, 2.45) is 11.1 Å². The number of hydrogen-bond acceptors (Lipinski definition) is 5. The summed E-state index contributed by atoms with van der Waals surface area (Å²) in [6.07, 6.45) is -0.170. The average molecular weight is 449 g/mol. The minimum Gasteiger partial charge on any atom is -0.390 e. The molecule has 0 unspecified atom stereocenters. The topological polar surface area (TPSA) is 54.3 Å². The molecule has 0 saturated heterocycles. The number of benzene rings is 2. The molecular weight excluding hydrogens is 419 g/mol. The molecule has 3 rings (SSSR count). The molecule has 2 atom stereocenters. The Kier molecular flexibility index (Phi) is 8.84. The maximum atomic E-state index is 13.2. The predicted octanol–water partition coefficient (Wildman–Crippen LogP) is 4.51. The van der Waals surface area contributed by atoms with Gasteiger partial charge in [-0.2, -0.15) is 0 Å². The maximum Gasteiger partial charge on any atom is 0.145 e. The summed E-state index contributed by atoms with van der Waals surface area (Å²) in [4.78, 5) is 7.76. The van der Waals surface area contributed by atoms with Crippen molar-refractivity contribution in [2.75, 3.05) is 26.3 Å². The summed E-state index contributed by atoms with van der Waals surface area (Å²) in [6, 6.07) is 13.9. The lowest BCUT2D eigenvalue weighted by atomic mass is 10.0. The highest BCUT2D eigenvalue weighted by Crippen LogP contribution is 2.21. The monoisotopic (exact) mass is 448 g/mol. The van der Waals surface area contributed by atoms with Gasteiger partial charge in [-0.1, -0.05) is 60.9 Å². The Morgan fingerprint density at radius 1 is 1.19 bits per heavy atom. The highest BCUT2D eigenvalue weighted by molar-refractivity contribution is 6.31. The van der Waals surface area contributed by atoms with Crippen LogP contribution in [0.3, 0.4) is 0 Å². The van der Waals surface area contributed by atoms with Gasteiger partial charge in [0.2, 0.25) is 0 Å². The SMILES string of the molecule is CC(C)COC[C@@H](O)CN(Cc1ccccc1Cl)C[C@H]1CC(c2ccc(F)cc2)=NO1. The first-order valence-electron chi connectivity index (χ1n) is 10.6. The number of aliphatic hydroxyl groups excluding tert-OH is 1. The van der Waals surface area contributed by atoms with Crippen molar-refractivity contribution in [3.05, 3.63) is 70.5 Å². The molecule has 2 aromatic rings. The zero-order valence-corrected chi connectivity index (χ0v) is 18.8. The number of halogens is 2. The summed E-state index contributed by atoms with van der Waals surface area (Å²) in [5.41, 5.74) is 2.63. The lowest BCUT2D eigenvalue weighted by Crippen LogP contribution is -2.39. The van der Waals surface area contributed by atoms with Crippen LogP contribution in [0.4, 0.5) is 4.39 Å². The number of rotatable bonds is 11. The third-order valence-electron chi connectivity index (χ3n) is 4.95. The Morgan fingerprint density at radius 2 is 1.94 bits per heavy atom. The molecule has 1 aliphatic rings. The van der Waals surface area contributed by atoms with E-state index in [4.69, 9.17) is 21.2 Å². The Morgan fingerprint density at radius 3 is 2.65 bits per heavy atom. The Bertz CT molecular complexity index is 860. The van der Waals surface area contributed by atoms with E-state index in [0.29, 0.717) is 43.6 Å². The fraction of sp³-hybridized carbons (Fsp3) is 0.458. The highest BCUT2D eigenvalue weighted by atomic mass is 35.5. The second-order valence-electron chi connectivity index (χ2n) is 8.35. The Labute approximate surface area is 188 Å². The van der Waals surface area contributed by atoms with Crippen molar-refractivity contribution < 1.29 is 19.1 Å². The van der Waals surface area contributed by atoms with E-state index in [1.165, 1.54) is 12.1 Å². The van der Waals surface area contributed by atoms with Crippen molar-refractivity contribution in [2.45, 2.75) is 39.0 Å². The Hall–Kier alpha value is -1.99. The number of ether oxygens (including phenoxy) is 1. The number of hydrogen-bond donors (Lipinski definition) is 1. The average Bonchev–Trinajstić information content (AvgIpc) is 3.18. The standard InChI is InChI=1S/C24H30ClFN2O3/c1-17(2)15-30-16-21(29)13-28(12-19-5-3-4-6-23(19)25)14-22-11-24(27-31-22)18-7-9-20(26)10-8-18/h3-10,17,21-22,29H,11-16H2,1-2H3/t21-,22+/m0/s1. The molecule has 0 fully saturated rings. The molecule has 0 aromatic heterocycles. The van der Waals surface area contributed by atoms with Crippen LogP contribution in [0.2, 0.25) is 5.02 Å². The first-order valence-corrected chi connectivity index (χ1v) is 11.0. The van der Waals surface area contributed by atoms with Gasteiger partial charge in [0.25, 0.3) is 0 Å². The first-order chi connectivity index (χ1) is 14.9. The lowest BCUT2D eigenvalue weighted by Gasteiger charge is -2.27. The van der Waals surface area contributed by atoms with Gasteiger partial charge in [0, 0.05) is 37.7 Å². The van der Waals surface area contributed by atoms with Crippen LogP contribution >= 0.6 is 11.6 Å². The predicted molar refractivity (Wildman–Crippen MR) is 121 cm³/mol. The van der Waals surface area contributed by atoms with Gasteiger partial charge in [-0.3, -0.25) is 4.90 Å². The van der Waals surface area contributed by atoms with Crippen LogP contribution in [-0.2, 0) is 16.1 Å². The van der Waals surface area contributed by atoms with Crippen molar-refractivity contribution in [3.63, 3.8) is 0 Å². The van der Waals surface area contributed by atoms with Crippen LogP contribution in [0.5, 0.6) is 0 Å². The van der Waals surface area contributed by atoms with E-state index in [0.717, 1.165) is 16.8 Å². The third kappa shape index (κ3) is 7.58. The summed E-state index contributed by atoms with van der Waals surface area (Å²) in [5.74, 6) is 0.139. The van der Waals surface area contributed by atoms with Crippen molar-refractivity contribution >= 4 is 17.3 Å². The molecular formula is C24H30ClFN2O3.